The zero-order valence-electron chi connectivity index (χ0n) is 11.3. The van der Waals surface area contributed by atoms with E-state index in [1.807, 2.05) is 0 Å². The molecule has 88 valence electrons. The van der Waals surface area contributed by atoms with Crippen molar-refractivity contribution in [3.63, 3.8) is 0 Å². The lowest BCUT2D eigenvalue weighted by Crippen LogP contribution is -2.59. The molecule has 0 fully saturated rings. The van der Waals surface area contributed by atoms with Crippen LogP contribution in [0.4, 0.5) is 0 Å². The Hall–Kier alpha value is -0.300. The van der Waals surface area contributed by atoms with E-state index in [2.05, 4.69) is 54.5 Å². The highest BCUT2D eigenvalue weighted by Gasteiger charge is 2.56. The van der Waals surface area contributed by atoms with Gasteiger partial charge in [-0.2, -0.15) is 0 Å². The average molecular weight is 210 g/mol. The molecule has 1 heteroatoms. The number of hydrogen-bond acceptors (Lipinski definition) is 1. The van der Waals surface area contributed by atoms with Crippen LogP contribution < -0.4 is 0 Å². The first-order chi connectivity index (χ1) is 6.55. The van der Waals surface area contributed by atoms with Gasteiger partial charge in [-0.3, -0.25) is 0 Å². The minimum atomic E-state index is -0.697. The number of allylic oxidation sites excluding steroid dienone is 1. The van der Waals surface area contributed by atoms with Crippen LogP contribution in [0, 0.1) is 16.7 Å². The van der Waals surface area contributed by atoms with E-state index in [9.17, 15) is 5.11 Å². The topological polar surface area (TPSA) is 20.2 Å². The first-order valence-corrected chi connectivity index (χ1v) is 5.94. The molecule has 15 heavy (non-hydrogen) atoms. The molecule has 1 nitrogen and oxygen atoms in total. The molecule has 0 aromatic rings. The Balaban J connectivity index is 3.35. The van der Waals surface area contributed by atoms with Crippen LogP contribution in [0.3, 0.4) is 0 Å². The minimum absolute atomic E-state index is 0.0654. The van der Waals surface area contributed by atoms with Crippen LogP contribution >= 0.6 is 0 Å². The summed E-state index contributed by atoms with van der Waals surface area (Å²) in [6.07, 6.45) is 3.29. The van der Waals surface area contributed by atoms with E-state index >= 15 is 0 Å². The molecule has 0 heterocycles. The van der Waals surface area contributed by atoms with E-state index in [1.54, 1.807) is 0 Å². The maximum Gasteiger partial charge on any atom is 0.0955 e. The quantitative estimate of drug-likeness (QED) is 0.603. The zero-order chi connectivity index (χ0) is 12.1. The van der Waals surface area contributed by atoms with E-state index in [-0.39, 0.29) is 10.8 Å². The molecule has 0 unspecified atom stereocenters. The summed E-state index contributed by atoms with van der Waals surface area (Å²) < 4.78 is 0. The SMILES string of the molecule is CC1=CC[C@H](C)C(C)(C)[C@@]1(O)C(C)(C)C. The van der Waals surface area contributed by atoms with Gasteiger partial charge in [0, 0.05) is 5.41 Å². The van der Waals surface area contributed by atoms with E-state index in [1.165, 1.54) is 0 Å². The Morgan fingerprint density at radius 3 is 2.13 bits per heavy atom. The summed E-state index contributed by atoms with van der Waals surface area (Å²) in [6.45, 7) is 15.1. The number of rotatable bonds is 0. The molecule has 0 aliphatic heterocycles. The monoisotopic (exact) mass is 210 g/mol. The van der Waals surface area contributed by atoms with Crippen LogP contribution in [-0.4, -0.2) is 10.7 Å². The summed E-state index contributed by atoms with van der Waals surface area (Å²) in [6, 6.07) is 0. The van der Waals surface area contributed by atoms with Crippen molar-refractivity contribution in [3.05, 3.63) is 11.6 Å². The summed E-state index contributed by atoms with van der Waals surface area (Å²) >= 11 is 0. The van der Waals surface area contributed by atoms with Gasteiger partial charge in [-0.05, 0) is 30.3 Å². The maximum absolute atomic E-state index is 11.1. The molecular formula is C14H26O. The largest absolute Gasteiger partial charge is 0.384 e. The first kappa shape index (κ1) is 12.8. The predicted molar refractivity (Wildman–Crippen MR) is 65.7 cm³/mol. The summed E-state index contributed by atoms with van der Waals surface area (Å²) in [5.41, 5.74) is 0.256. The van der Waals surface area contributed by atoms with Crippen molar-refractivity contribution in [1.82, 2.24) is 0 Å². The van der Waals surface area contributed by atoms with Crippen LogP contribution in [0.1, 0.15) is 54.9 Å². The highest BCUT2D eigenvalue weighted by Crippen LogP contribution is 2.55. The molecule has 0 spiro atoms. The molecule has 1 rings (SSSR count). The Labute approximate surface area is 94.6 Å². The Morgan fingerprint density at radius 1 is 1.33 bits per heavy atom. The minimum Gasteiger partial charge on any atom is -0.384 e. The van der Waals surface area contributed by atoms with Crippen LogP contribution in [0.25, 0.3) is 0 Å². The second kappa shape index (κ2) is 3.35. The van der Waals surface area contributed by atoms with E-state index in [0.717, 1.165) is 12.0 Å². The molecule has 1 aliphatic rings. The molecule has 0 aromatic carbocycles. The number of aliphatic hydroxyl groups is 1. The third-order valence-electron chi connectivity index (χ3n) is 4.60. The molecular weight excluding hydrogens is 184 g/mol. The van der Waals surface area contributed by atoms with Crippen molar-refractivity contribution >= 4 is 0 Å². The second-order valence-electron chi connectivity index (χ2n) is 6.71. The van der Waals surface area contributed by atoms with Gasteiger partial charge in [-0.15, -0.1) is 0 Å². The van der Waals surface area contributed by atoms with Crippen LogP contribution in [0.2, 0.25) is 0 Å². The molecule has 0 saturated carbocycles. The van der Waals surface area contributed by atoms with Crippen molar-refractivity contribution in [3.8, 4) is 0 Å². The van der Waals surface area contributed by atoms with Crippen molar-refractivity contribution in [2.75, 3.05) is 0 Å². The smallest absolute Gasteiger partial charge is 0.0955 e. The first-order valence-electron chi connectivity index (χ1n) is 5.94. The lowest BCUT2D eigenvalue weighted by molar-refractivity contribution is -0.140. The van der Waals surface area contributed by atoms with Crippen molar-refractivity contribution in [1.29, 1.82) is 0 Å². The Kier molecular flexibility index (Phi) is 2.85. The van der Waals surface area contributed by atoms with Gasteiger partial charge in [0.2, 0.25) is 0 Å². The fourth-order valence-corrected chi connectivity index (χ4v) is 3.22. The third kappa shape index (κ3) is 1.56. The zero-order valence-corrected chi connectivity index (χ0v) is 11.3. The van der Waals surface area contributed by atoms with Gasteiger partial charge >= 0.3 is 0 Å². The highest BCUT2D eigenvalue weighted by molar-refractivity contribution is 5.27. The molecule has 0 bridgehead atoms. The fraction of sp³-hybridized carbons (Fsp3) is 0.857. The maximum atomic E-state index is 11.1. The lowest BCUT2D eigenvalue weighted by Gasteiger charge is -2.56. The van der Waals surface area contributed by atoms with Gasteiger partial charge in [-0.1, -0.05) is 47.6 Å². The third-order valence-corrected chi connectivity index (χ3v) is 4.60. The van der Waals surface area contributed by atoms with Gasteiger partial charge < -0.3 is 5.11 Å². The molecule has 1 N–H and O–H groups in total. The van der Waals surface area contributed by atoms with Gasteiger partial charge in [0.15, 0.2) is 0 Å². The van der Waals surface area contributed by atoms with Crippen molar-refractivity contribution in [2.45, 2.75) is 60.5 Å². The fourth-order valence-electron chi connectivity index (χ4n) is 3.22. The Bertz CT molecular complexity index is 280. The number of hydrogen-bond donors (Lipinski definition) is 1. The summed E-state index contributed by atoms with van der Waals surface area (Å²) in [4.78, 5) is 0. The van der Waals surface area contributed by atoms with Gasteiger partial charge in [-0.25, -0.2) is 0 Å². The molecule has 1 aliphatic carbocycles. The van der Waals surface area contributed by atoms with Crippen LogP contribution in [-0.2, 0) is 0 Å². The second-order valence-corrected chi connectivity index (χ2v) is 6.71. The Morgan fingerprint density at radius 2 is 1.80 bits per heavy atom. The van der Waals surface area contributed by atoms with Gasteiger partial charge in [0.1, 0.15) is 0 Å². The van der Waals surface area contributed by atoms with Crippen LogP contribution in [0.5, 0.6) is 0 Å². The molecule has 0 aromatic heterocycles. The van der Waals surface area contributed by atoms with Gasteiger partial charge in [0.25, 0.3) is 0 Å². The summed E-state index contributed by atoms with van der Waals surface area (Å²) in [5.74, 6) is 0.519. The van der Waals surface area contributed by atoms with E-state index < -0.39 is 5.60 Å². The normalized spacial score (nSPS) is 36.3. The average Bonchev–Trinajstić information content (AvgIpc) is 2.07. The van der Waals surface area contributed by atoms with E-state index in [4.69, 9.17) is 0 Å². The molecule has 0 radical (unpaired) electrons. The molecule has 0 amide bonds. The van der Waals surface area contributed by atoms with Gasteiger partial charge in [0.05, 0.1) is 5.60 Å². The van der Waals surface area contributed by atoms with Crippen LogP contribution in [0.15, 0.2) is 11.6 Å². The summed E-state index contributed by atoms with van der Waals surface area (Å²) in [7, 11) is 0. The van der Waals surface area contributed by atoms with Crippen molar-refractivity contribution < 1.29 is 5.11 Å². The summed E-state index contributed by atoms with van der Waals surface area (Å²) in [5, 5.41) is 11.1. The lowest BCUT2D eigenvalue weighted by atomic mass is 9.52. The standard InChI is InChI=1S/C14H26O/c1-10-8-9-11(2)14(15,12(3,4)5)13(10,6)7/h9-10,15H,8H2,1-7H3/t10-,14-/m0/s1. The van der Waals surface area contributed by atoms with Crippen molar-refractivity contribution in [2.24, 2.45) is 16.7 Å². The predicted octanol–water partition coefficient (Wildman–Crippen LogP) is 3.78. The van der Waals surface area contributed by atoms with E-state index in [0.29, 0.717) is 5.92 Å². The molecule has 2 atom stereocenters. The molecule has 0 saturated heterocycles. The highest BCUT2D eigenvalue weighted by atomic mass is 16.3.